The van der Waals surface area contributed by atoms with Crippen molar-refractivity contribution in [3.05, 3.63) is 29.3 Å². The van der Waals surface area contributed by atoms with Crippen molar-refractivity contribution in [2.24, 2.45) is 0 Å². The highest BCUT2D eigenvalue weighted by atomic mass is 19.4. The molecule has 6 heteroatoms. The van der Waals surface area contributed by atoms with Gasteiger partial charge in [0.25, 0.3) is 0 Å². The van der Waals surface area contributed by atoms with Gasteiger partial charge < -0.3 is 5.32 Å². The average Bonchev–Trinajstić information content (AvgIpc) is 2.86. The van der Waals surface area contributed by atoms with E-state index in [9.17, 15) is 13.2 Å². The predicted molar refractivity (Wildman–Crippen MR) is 74.9 cm³/mol. The van der Waals surface area contributed by atoms with Crippen LogP contribution in [-0.2, 0) is 6.18 Å². The van der Waals surface area contributed by atoms with E-state index in [1.165, 1.54) is 12.1 Å². The highest BCUT2D eigenvalue weighted by molar-refractivity contribution is 5.53. The molecule has 21 heavy (non-hydrogen) atoms. The third-order valence-corrected chi connectivity index (χ3v) is 3.77. The number of alkyl halides is 3. The van der Waals surface area contributed by atoms with Crippen molar-refractivity contribution in [1.82, 2.24) is 4.90 Å². The number of halogens is 3. The second-order valence-electron chi connectivity index (χ2n) is 5.59. The second-order valence-corrected chi connectivity index (χ2v) is 5.59. The first-order chi connectivity index (χ1) is 9.81. The Morgan fingerprint density at radius 2 is 2.10 bits per heavy atom. The zero-order valence-corrected chi connectivity index (χ0v) is 12.0. The lowest BCUT2D eigenvalue weighted by molar-refractivity contribution is -0.137. The van der Waals surface area contributed by atoms with Crippen LogP contribution in [0.1, 0.15) is 31.4 Å². The van der Waals surface area contributed by atoms with Gasteiger partial charge in [-0.1, -0.05) is 0 Å². The largest absolute Gasteiger partial charge is 0.417 e. The molecule has 0 spiro atoms. The van der Waals surface area contributed by atoms with E-state index in [4.69, 9.17) is 5.26 Å². The van der Waals surface area contributed by atoms with Crippen molar-refractivity contribution >= 4 is 5.69 Å². The van der Waals surface area contributed by atoms with E-state index in [2.05, 4.69) is 24.1 Å². The Kier molecular flexibility index (Phi) is 4.43. The van der Waals surface area contributed by atoms with Crippen LogP contribution < -0.4 is 5.32 Å². The van der Waals surface area contributed by atoms with E-state index in [0.29, 0.717) is 11.7 Å². The van der Waals surface area contributed by atoms with Gasteiger partial charge in [-0.3, -0.25) is 4.90 Å². The van der Waals surface area contributed by atoms with Gasteiger partial charge in [-0.05, 0) is 38.5 Å². The lowest BCUT2D eigenvalue weighted by atomic mass is 10.1. The van der Waals surface area contributed by atoms with Crippen LogP contribution in [0.25, 0.3) is 0 Å². The summed E-state index contributed by atoms with van der Waals surface area (Å²) >= 11 is 0. The molecule has 1 aliphatic rings. The van der Waals surface area contributed by atoms with Gasteiger partial charge in [-0.2, -0.15) is 18.4 Å². The summed E-state index contributed by atoms with van der Waals surface area (Å²) < 4.78 is 38.7. The lowest BCUT2D eigenvalue weighted by Crippen LogP contribution is -2.31. The molecule has 1 saturated heterocycles. The summed E-state index contributed by atoms with van der Waals surface area (Å²) in [4.78, 5) is 2.28. The summed E-state index contributed by atoms with van der Waals surface area (Å²) in [7, 11) is 0. The minimum absolute atomic E-state index is 0.140. The smallest absolute Gasteiger partial charge is 0.381 e. The number of hydrogen-bond donors (Lipinski definition) is 1. The van der Waals surface area contributed by atoms with Crippen molar-refractivity contribution in [3.8, 4) is 6.07 Å². The molecule has 1 heterocycles. The number of hydrogen-bond acceptors (Lipinski definition) is 3. The monoisotopic (exact) mass is 297 g/mol. The topological polar surface area (TPSA) is 39.1 Å². The number of nitrogens with one attached hydrogen (secondary N) is 1. The molecule has 0 saturated carbocycles. The van der Waals surface area contributed by atoms with Crippen LogP contribution in [0, 0.1) is 11.3 Å². The molecule has 1 fully saturated rings. The van der Waals surface area contributed by atoms with Crippen LogP contribution >= 0.6 is 0 Å². The normalized spacial score (nSPS) is 19.8. The molecule has 2 rings (SSSR count). The summed E-state index contributed by atoms with van der Waals surface area (Å²) in [5, 5.41) is 11.9. The van der Waals surface area contributed by atoms with Gasteiger partial charge in [-0.25, -0.2) is 0 Å². The van der Waals surface area contributed by atoms with Gasteiger partial charge in [0.05, 0.1) is 17.2 Å². The fraction of sp³-hybridized carbons (Fsp3) is 0.533. The van der Waals surface area contributed by atoms with Crippen molar-refractivity contribution in [1.29, 1.82) is 5.26 Å². The highest BCUT2D eigenvalue weighted by Crippen LogP contribution is 2.34. The Morgan fingerprint density at radius 1 is 1.38 bits per heavy atom. The Labute approximate surface area is 122 Å². The van der Waals surface area contributed by atoms with E-state index in [-0.39, 0.29) is 11.6 Å². The minimum atomic E-state index is -4.51. The maximum Gasteiger partial charge on any atom is 0.417 e. The number of likely N-dealkylation sites (tertiary alicyclic amines) is 1. The molecule has 1 N–H and O–H groups in total. The Bertz CT molecular complexity index is 546. The molecule has 0 amide bonds. The fourth-order valence-corrected chi connectivity index (χ4v) is 2.58. The van der Waals surface area contributed by atoms with Gasteiger partial charge >= 0.3 is 6.18 Å². The molecule has 0 radical (unpaired) electrons. The molecule has 1 unspecified atom stereocenters. The zero-order valence-electron chi connectivity index (χ0n) is 12.0. The van der Waals surface area contributed by atoms with E-state index in [0.717, 1.165) is 25.6 Å². The zero-order chi connectivity index (χ0) is 15.6. The van der Waals surface area contributed by atoms with Gasteiger partial charge in [0.15, 0.2) is 0 Å². The molecule has 114 valence electrons. The van der Waals surface area contributed by atoms with Crippen LogP contribution in [0.2, 0.25) is 0 Å². The Hall–Kier alpha value is -1.74. The summed E-state index contributed by atoms with van der Waals surface area (Å²) in [6.45, 7) is 5.97. The van der Waals surface area contributed by atoms with Crippen molar-refractivity contribution in [2.45, 2.75) is 38.5 Å². The molecule has 0 aromatic heterocycles. The number of nitrogens with zero attached hydrogens (tertiary/aromatic N) is 2. The van der Waals surface area contributed by atoms with Crippen molar-refractivity contribution < 1.29 is 13.2 Å². The van der Waals surface area contributed by atoms with Crippen LogP contribution in [0.4, 0.5) is 18.9 Å². The Balaban J connectivity index is 2.14. The summed E-state index contributed by atoms with van der Waals surface area (Å²) in [6.07, 6.45) is -3.61. The van der Waals surface area contributed by atoms with Gasteiger partial charge in [0.2, 0.25) is 0 Å². The first kappa shape index (κ1) is 15.6. The fourth-order valence-electron chi connectivity index (χ4n) is 2.58. The van der Waals surface area contributed by atoms with Crippen LogP contribution in [0.3, 0.4) is 0 Å². The molecule has 1 aromatic carbocycles. The highest BCUT2D eigenvalue weighted by Gasteiger charge is 2.34. The van der Waals surface area contributed by atoms with E-state index < -0.39 is 11.7 Å². The van der Waals surface area contributed by atoms with Crippen molar-refractivity contribution in [3.63, 3.8) is 0 Å². The number of rotatable bonds is 3. The average molecular weight is 297 g/mol. The minimum Gasteiger partial charge on any atom is -0.381 e. The number of anilines is 1. The third-order valence-electron chi connectivity index (χ3n) is 3.77. The molecule has 1 aromatic rings. The maximum atomic E-state index is 12.9. The van der Waals surface area contributed by atoms with Crippen LogP contribution in [0.15, 0.2) is 18.2 Å². The maximum absolute atomic E-state index is 12.9. The first-order valence-electron chi connectivity index (χ1n) is 6.93. The van der Waals surface area contributed by atoms with E-state index in [1.807, 2.05) is 0 Å². The van der Waals surface area contributed by atoms with Gasteiger partial charge in [-0.15, -0.1) is 0 Å². The number of nitriles is 1. The molecule has 1 aliphatic heterocycles. The van der Waals surface area contributed by atoms with Crippen LogP contribution in [-0.4, -0.2) is 30.1 Å². The molecule has 1 atom stereocenters. The molecule has 0 bridgehead atoms. The predicted octanol–water partition coefficient (Wildman–Crippen LogP) is 3.47. The second kappa shape index (κ2) is 5.94. The summed E-state index contributed by atoms with van der Waals surface area (Å²) in [6, 6.07) is 5.94. The van der Waals surface area contributed by atoms with E-state index in [1.54, 1.807) is 6.07 Å². The van der Waals surface area contributed by atoms with Crippen LogP contribution in [0.5, 0.6) is 0 Å². The lowest BCUT2D eigenvalue weighted by Gasteiger charge is -2.21. The molecular formula is C15H18F3N3. The number of benzene rings is 1. The first-order valence-corrected chi connectivity index (χ1v) is 6.93. The Morgan fingerprint density at radius 3 is 2.62 bits per heavy atom. The standard InChI is InChI=1S/C15H18F3N3/c1-10(2)21-6-5-13(9-21)20-12-4-3-11(8-19)14(7-12)15(16,17)18/h3-4,7,10,13,20H,5-6,9H2,1-2H3. The molecule has 0 aliphatic carbocycles. The SMILES string of the molecule is CC(C)N1CCC(Nc2ccc(C#N)c(C(F)(F)F)c2)C1. The quantitative estimate of drug-likeness (QED) is 0.928. The molecule has 3 nitrogen and oxygen atoms in total. The van der Waals surface area contributed by atoms with Gasteiger partial charge in [0.1, 0.15) is 0 Å². The van der Waals surface area contributed by atoms with E-state index >= 15 is 0 Å². The molecular weight excluding hydrogens is 279 g/mol. The van der Waals surface area contributed by atoms with Gasteiger partial charge in [0, 0.05) is 30.9 Å². The van der Waals surface area contributed by atoms with Crippen molar-refractivity contribution in [2.75, 3.05) is 18.4 Å². The summed E-state index contributed by atoms with van der Waals surface area (Å²) in [5.41, 5.74) is -0.811. The third kappa shape index (κ3) is 3.67. The summed E-state index contributed by atoms with van der Waals surface area (Å²) in [5.74, 6) is 0.